The van der Waals surface area contributed by atoms with Gasteiger partial charge in [0.05, 0.1) is 13.3 Å². The maximum Gasteiger partial charge on any atom is 0.162 e. The number of ether oxygens (including phenoxy) is 1. The van der Waals surface area contributed by atoms with Gasteiger partial charge < -0.3 is 9.84 Å². The number of aliphatic hydroxyl groups is 1. The third kappa shape index (κ3) is 2.81. The quantitative estimate of drug-likeness (QED) is 0.921. The van der Waals surface area contributed by atoms with Crippen LogP contribution >= 0.6 is 23.5 Å². The molecule has 2 unspecified atom stereocenters. The van der Waals surface area contributed by atoms with Crippen molar-refractivity contribution in [3.05, 3.63) is 11.9 Å². The molecule has 1 N–H and O–H groups in total. The minimum atomic E-state index is -0.511. The van der Waals surface area contributed by atoms with Gasteiger partial charge in [-0.15, -0.1) is 0 Å². The molecule has 0 saturated carbocycles. The average molecular weight is 288 g/mol. The van der Waals surface area contributed by atoms with Gasteiger partial charge in [0.2, 0.25) is 0 Å². The lowest BCUT2D eigenvalue weighted by atomic mass is 10.1. The van der Waals surface area contributed by atoms with Crippen molar-refractivity contribution in [2.75, 3.05) is 24.4 Å². The summed E-state index contributed by atoms with van der Waals surface area (Å²) in [5.41, 5.74) is 0.813. The summed E-state index contributed by atoms with van der Waals surface area (Å²) in [5, 5.41) is 15.1. The van der Waals surface area contributed by atoms with E-state index in [-0.39, 0.29) is 11.3 Å². The van der Waals surface area contributed by atoms with Gasteiger partial charge in [-0.3, -0.25) is 4.68 Å². The zero-order valence-electron chi connectivity index (χ0n) is 11.0. The fourth-order valence-electron chi connectivity index (χ4n) is 2.07. The molecular weight excluding hydrogens is 268 g/mol. The Hall–Kier alpha value is -0.330. The summed E-state index contributed by atoms with van der Waals surface area (Å²) in [6.07, 6.45) is 1.18. The second kappa shape index (κ2) is 6.21. The summed E-state index contributed by atoms with van der Waals surface area (Å²) in [6, 6.07) is 0.222. The molecule has 18 heavy (non-hydrogen) atoms. The Labute approximate surface area is 116 Å². The van der Waals surface area contributed by atoms with Crippen LogP contribution in [0.4, 0.5) is 0 Å². The van der Waals surface area contributed by atoms with Gasteiger partial charge in [0.1, 0.15) is 11.8 Å². The number of nitrogens with zero attached hydrogens (tertiary/aromatic N) is 2. The van der Waals surface area contributed by atoms with Crippen molar-refractivity contribution in [1.29, 1.82) is 0 Å². The largest absolute Gasteiger partial charge is 0.493 e. The first-order valence-corrected chi connectivity index (χ1v) is 8.34. The van der Waals surface area contributed by atoms with Crippen molar-refractivity contribution < 1.29 is 9.84 Å². The van der Waals surface area contributed by atoms with E-state index in [4.69, 9.17) is 4.74 Å². The third-order valence-electron chi connectivity index (χ3n) is 2.98. The van der Waals surface area contributed by atoms with Crippen molar-refractivity contribution in [3.8, 4) is 5.75 Å². The average Bonchev–Trinajstić information content (AvgIpc) is 2.82. The monoisotopic (exact) mass is 288 g/mol. The molecule has 0 bridgehead atoms. The summed E-state index contributed by atoms with van der Waals surface area (Å²) >= 11 is 3.75. The minimum Gasteiger partial charge on any atom is -0.493 e. The molecule has 6 heteroatoms. The maximum atomic E-state index is 10.6. The molecule has 0 spiro atoms. The SMILES string of the molecule is COc1cnn(C(C)C)c1C(O)C1CSCCS1. The summed E-state index contributed by atoms with van der Waals surface area (Å²) in [6.45, 7) is 4.12. The topological polar surface area (TPSA) is 47.3 Å². The Kier molecular flexibility index (Phi) is 4.86. The Morgan fingerprint density at radius 1 is 1.50 bits per heavy atom. The van der Waals surface area contributed by atoms with E-state index in [1.807, 2.05) is 28.2 Å². The molecule has 0 radical (unpaired) electrons. The maximum absolute atomic E-state index is 10.6. The molecule has 1 aromatic rings. The highest BCUT2D eigenvalue weighted by atomic mass is 32.2. The summed E-state index contributed by atoms with van der Waals surface area (Å²) in [4.78, 5) is 0. The zero-order valence-corrected chi connectivity index (χ0v) is 12.6. The highest BCUT2D eigenvalue weighted by molar-refractivity contribution is 8.06. The Morgan fingerprint density at radius 2 is 2.28 bits per heavy atom. The van der Waals surface area contributed by atoms with E-state index in [9.17, 15) is 5.11 Å². The van der Waals surface area contributed by atoms with Crippen molar-refractivity contribution in [3.63, 3.8) is 0 Å². The number of aliphatic hydroxyl groups excluding tert-OH is 1. The molecule has 2 rings (SSSR count). The fraction of sp³-hybridized carbons (Fsp3) is 0.750. The molecule has 2 heterocycles. The molecule has 1 aliphatic rings. The van der Waals surface area contributed by atoms with E-state index in [2.05, 4.69) is 18.9 Å². The van der Waals surface area contributed by atoms with Gasteiger partial charge in [-0.05, 0) is 13.8 Å². The van der Waals surface area contributed by atoms with Crippen LogP contribution in [0.15, 0.2) is 6.20 Å². The van der Waals surface area contributed by atoms with Crippen LogP contribution in [0.3, 0.4) is 0 Å². The summed E-state index contributed by atoms with van der Waals surface area (Å²) in [5.74, 6) is 3.95. The van der Waals surface area contributed by atoms with Gasteiger partial charge in [0.15, 0.2) is 5.75 Å². The van der Waals surface area contributed by atoms with E-state index < -0.39 is 6.10 Å². The van der Waals surface area contributed by atoms with Crippen molar-refractivity contribution in [2.24, 2.45) is 0 Å². The molecule has 0 aromatic carbocycles. The number of rotatable bonds is 4. The van der Waals surface area contributed by atoms with E-state index in [1.54, 1.807) is 13.3 Å². The molecule has 1 saturated heterocycles. The lowest BCUT2D eigenvalue weighted by molar-refractivity contribution is 0.162. The minimum absolute atomic E-state index is 0.222. The van der Waals surface area contributed by atoms with Crippen LogP contribution in [0.25, 0.3) is 0 Å². The standard InChI is InChI=1S/C12H20N2O2S2/c1-8(2)14-11(9(16-3)6-13-14)12(15)10-7-17-4-5-18-10/h6,8,10,12,15H,4-5,7H2,1-3H3. The first-order valence-electron chi connectivity index (χ1n) is 6.14. The Balaban J connectivity index is 2.26. The second-order valence-corrected chi connectivity index (χ2v) is 7.06. The highest BCUT2D eigenvalue weighted by Crippen LogP contribution is 2.37. The Morgan fingerprint density at radius 3 is 2.83 bits per heavy atom. The predicted octanol–water partition coefficient (Wildman–Crippen LogP) is 2.35. The van der Waals surface area contributed by atoms with Crippen LogP contribution in [-0.4, -0.2) is 44.5 Å². The molecule has 102 valence electrons. The molecule has 4 nitrogen and oxygen atoms in total. The van der Waals surface area contributed by atoms with Gasteiger partial charge in [-0.1, -0.05) is 0 Å². The predicted molar refractivity (Wildman–Crippen MR) is 77.7 cm³/mol. The molecule has 1 fully saturated rings. The molecule has 0 aliphatic carbocycles. The smallest absolute Gasteiger partial charge is 0.162 e. The van der Waals surface area contributed by atoms with Gasteiger partial charge >= 0.3 is 0 Å². The van der Waals surface area contributed by atoms with Crippen molar-refractivity contribution in [2.45, 2.75) is 31.2 Å². The number of aromatic nitrogens is 2. The fourth-order valence-corrected chi connectivity index (χ4v) is 4.80. The molecule has 2 atom stereocenters. The first-order chi connectivity index (χ1) is 8.65. The lowest BCUT2D eigenvalue weighted by Crippen LogP contribution is -2.25. The molecular formula is C12H20N2O2S2. The molecule has 1 aromatic heterocycles. The van der Waals surface area contributed by atoms with Gasteiger partial charge in [-0.25, -0.2) is 0 Å². The number of methoxy groups -OCH3 is 1. The Bertz CT molecular complexity index is 389. The van der Waals surface area contributed by atoms with Gasteiger partial charge in [0, 0.05) is 28.6 Å². The van der Waals surface area contributed by atoms with Crippen LogP contribution in [0.2, 0.25) is 0 Å². The highest BCUT2D eigenvalue weighted by Gasteiger charge is 2.30. The summed E-state index contributed by atoms with van der Waals surface area (Å²) in [7, 11) is 1.63. The van der Waals surface area contributed by atoms with Crippen LogP contribution in [0.1, 0.15) is 31.7 Å². The second-order valence-electron chi connectivity index (χ2n) is 4.57. The van der Waals surface area contributed by atoms with E-state index >= 15 is 0 Å². The van der Waals surface area contributed by atoms with E-state index in [0.29, 0.717) is 5.75 Å². The number of hydrogen-bond donors (Lipinski definition) is 1. The van der Waals surface area contributed by atoms with E-state index in [0.717, 1.165) is 17.2 Å². The van der Waals surface area contributed by atoms with Crippen molar-refractivity contribution in [1.82, 2.24) is 9.78 Å². The number of hydrogen-bond acceptors (Lipinski definition) is 5. The normalized spacial score (nSPS) is 22.2. The van der Waals surface area contributed by atoms with Crippen LogP contribution in [-0.2, 0) is 0 Å². The molecule has 1 aliphatic heterocycles. The van der Waals surface area contributed by atoms with Gasteiger partial charge in [0.25, 0.3) is 0 Å². The molecule has 0 amide bonds. The van der Waals surface area contributed by atoms with Crippen LogP contribution in [0, 0.1) is 0 Å². The van der Waals surface area contributed by atoms with Crippen LogP contribution in [0.5, 0.6) is 5.75 Å². The number of thioether (sulfide) groups is 2. The van der Waals surface area contributed by atoms with Crippen LogP contribution < -0.4 is 4.74 Å². The first kappa shape index (κ1) is 14.1. The van der Waals surface area contributed by atoms with E-state index in [1.165, 1.54) is 5.75 Å². The third-order valence-corrected chi connectivity index (χ3v) is 5.83. The lowest BCUT2D eigenvalue weighted by Gasteiger charge is -2.27. The van der Waals surface area contributed by atoms with Crippen molar-refractivity contribution >= 4 is 23.5 Å². The van der Waals surface area contributed by atoms with Gasteiger partial charge in [-0.2, -0.15) is 28.6 Å². The summed E-state index contributed by atoms with van der Waals surface area (Å²) < 4.78 is 7.19. The zero-order chi connectivity index (χ0) is 13.1.